The number of fused-ring (bicyclic) bond motifs is 1. The van der Waals surface area contributed by atoms with Gasteiger partial charge in [0.2, 0.25) is 10.0 Å². The number of hydrogen-bond acceptors (Lipinski definition) is 4. The van der Waals surface area contributed by atoms with Gasteiger partial charge < -0.3 is 5.11 Å². The predicted octanol–water partition coefficient (Wildman–Crippen LogP) is 1.57. The van der Waals surface area contributed by atoms with Crippen LogP contribution in [0.4, 0.5) is 4.39 Å². The highest BCUT2D eigenvalue weighted by molar-refractivity contribution is 7.89. The molecule has 1 heterocycles. The topological polar surface area (TPSA) is 98.5 Å². The molecule has 23 heavy (non-hydrogen) atoms. The average molecular weight is 338 g/mol. The normalized spacial score (nSPS) is 27.6. The second kappa shape index (κ2) is 5.28. The first kappa shape index (κ1) is 15.9. The van der Waals surface area contributed by atoms with Crippen LogP contribution >= 0.6 is 0 Å². The SMILES string of the molecule is N#Cc1ccc(S(=O)(=O)N2C[C@@H]3CCC[C@@]3(C(=O)O)C2)cc1F. The molecule has 1 aromatic rings. The molecule has 8 heteroatoms. The number of carboxylic acid groups (broad SMARTS) is 1. The van der Waals surface area contributed by atoms with Crippen molar-refractivity contribution in [3.8, 4) is 6.07 Å². The van der Waals surface area contributed by atoms with Crippen LogP contribution in [0.3, 0.4) is 0 Å². The van der Waals surface area contributed by atoms with Gasteiger partial charge in [-0.05, 0) is 37.0 Å². The van der Waals surface area contributed by atoms with Gasteiger partial charge >= 0.3 is 5.97 Å². The molecule has 0 radical (unpaired) electrons. The molecule has 0 amide bonds. The second-order valence-corrected chi connectivity index (χ2v) is 8.04. The smallest absolute Gasteiger partial charge is 0.311 e. The summed E-state index contributed by atoms with van der Waals surface area (Å²) in [6.07, 6.45) is 1.91. The molecule has 122 valence electrons. The zero-order chi connectivity index (χ0) is 16.8. The van der Waals surface area contributed by atoms with Gasteiger partial charge in [0.15, 0.2) is 0 Å². The van der Waals surface area contributed by atoms with Crippen molar-refractivity contribution in [1.82, 2.24) is 4.31 Å². The Hall–Kier alpha value is -1.98. The zero-order valence-electron chi connectivity index (χ0n) is 12.2. The lowest BCUT2D eigenvalue weighted by Crippen LogP contribution is -2.37. The van der Waals surface area contributed by atoms with Crippen molar-refractivity contribution in [1.29, 1.82) is 5.26 Å². The van der Waals surface area contributed by atoms with E-state index in [-0.39, 0.29) is 29.5 Å². The molecule has 2 atom stereocenters. The van der Waals surface area contributed by atoms with Crippen molar-refractivity contribution in [2.24, 2.45) is 11.3 Å². The molecule has 0 unspecified atom stereocenters. The Bertz CT molecular complexity index is 817. The maximum Gasteiger partial charge on any atom is 0.311 e. The van der Waals surface area contributed by atoms with Gasteiger partial charge in [0.05, 0.1) is 15.9 Å². The molecule has 0 bridgehead atoms. The van der Waals surface area contributed by atoms with Gasteiger partial charge in [0.1, 0.15) is 11.9 Å². The summed E-state index contributed by atoms with van der Waals surface area (Å²) >= 11 is 0. The summed E-state index contributed by atoms with van der Waals surface area (Å²) in [6.45, 7) is 0.0488. The van der Waals surface area contributed by atoms with E-state index in [4.69, 9.17) is 5.26 Å². The fraction of sp³-hybridized carbons (Fsp3) is 0.467. The van der Waals surface area contributed by atoms with E-state index in [1.54, 1.807) is 6.07 Å². The number of sulfonamides is 1. The van der Waals surface area contributed by atoms with E-state index in [1.165, 1.54) is 6.07 Å². The molecule has 1 aromatic carbocycles. The monoisotopic (exact) mass is 338 g/mol. The maximum atomic E-state index is 13.7. The van der Waals surface area contributed by atoms with Crippen LogP contribution in [-0.2, 0) is 14.8 Å². The quantitative estimate of drug-likeness (QED) is 0.902. The van der Waals surface area contributed by atoms with Gasteiger partial charge in [-0.3, -0.25) is 4.79 Å². The van der Waals surface area contributed by atoms with E-state index in [2.05, 4.69) is 0 Å². The summed E-state index contributed by atoms with van der Waals surface area (Å²) in [5.41, 5.74) is -1.26. The third-order valence-corrected chi connectivity index (χ3v) is 6.77. The first-order valence-electron chi connectivity index (χ1n) is 7.24. The van der Waals surface area contributed by atoms with Crippen molar-refractivity contribution < 1.29 is 22.7 Å². The number of carboxylic acids is 1. The fourth-order valence-corrected chi connectivity index (χ4v) is 5.24. The average Bonchev–Trinajstić information content (AvgIpc) is 3.05. The van der Waals surface area contributed by atoms with Crippen molar-refractivity contribution >= 4 is 16.0 Å². The van der Waals surface area contributed by atoms with Crippen LogP contribution < -0.4 is 0 Å². The highest BCUT2D eigenvalue weighted by atomic mass is 32.2. The number of rotatable bonds is 3. The lowest BCUT2D eigenvalue weighted by atomic mass is 9.81. The summed E-state index contributed by atoms with van der Waals surface area (Å²) in [4.78, 5) is 11.4. The van der Waals surface area contributed by atoms with Crippen LogP contribution in [0.15, 0.2) is 23.1 Å². The summed E-state index contributed by atoms with van der Waals surface area (Å²) in [6, 6.07) is 4.75. The number of aliphatic carboxylic acids is 1. The Balaban J connectivity index is 1.95. The van der Waals surface area contributed by atoms with E-state index in [0.29, 0.717) is 12.8 Å². The summed E-state index contributed by atoms with van der Waals surface area (Å²) < 4.78 is 40.2. The van der Waals surface area contributed by atoms with Crippen LogP contribution in [0.5, 0.6) is 0 Å². The van der Waals surface area contributed by atoms with Crippen LogP contribution in [0.25, 0.3) is 0 Å². The second-order valence-electron chi connectivity index (χ2n) is 6.10. The third-order valence-electron chi connectivity index (χ3n) is 4.96. The van der Waals surface area contributed by atoms with Gasteiger partial charge in [-0.1, -0.05) is 6.42 Å². The highest BCUT2D eigenvalue weighted by Gasteiger charge is 2.57. The molecule has 3 rings (SSSR count). The molecule has 0 aromatic heterocycles. The van der Waals surface area contributed by atoms with Crippen molar-refractivity contribution in [2.75, 3.05) is 13.1 Å². The zero-order valence-corrected chi connectivity index (χ0v) is 13.0. The van der Waals surface area contributed by atoms with Crippen molar-refractivity contribution in [3.63, 3.8) is 0 Å². The van der Waals surface area contributed by atoms with E-state index in [1.807, 2.05) is 0 Å². The first-order valence-corrected chi connectivity index (χ1v) is 8.68. The Morgan fingerprint density at radius 2 is 2.22 bits per heavy atom. The number of nitriles is 1. The highest BCUT2D eigenvalue weighted by Crippen LogP contribution is 2.50. The molecule has 6 nitrogen and oxygen atoms in total. The summed E-state index contributed by atoms with van der Waals surface area (Å²) in [5.74, 6) is -2.08. The molecule has 1 N–H and O–H groups in total. The van der Waals surface area contributed by atoms with E-state index in [0.717, 1.165) is 22.9 Å². The summed E-state index contributed by atoms with van der Waals surface area (Å²) in [5, 5.41) is 18.2. The number of nitrogens with zero attached hydrogens (tertiary/aromatic N) is 2. The third kappa shape index (κ3) is 2.31. The van der Waals surface area contributed by atoms with Gasteiger partial charge in [-0.25, -0.2) is 12.8 Å². The van der Waals surface area contributed by atoms with Crippen molar-refractivity contribution in [2.45, 2.75) is 24.2 Å². The predicted molar refractivity (Wildman–Crippen MR) is 77.3 cm³/mol. The first-order chi connectivity index (χ1) is 10.8. The van der Waals surface area contributed by atoms with Gasteiger partial charge in [0.25, 0.3) is 0 Å². The Morgan fingerprint density at radius 1 is 1.48 bits per heavy atom. The number of hydrogen-bond donors (Lipinski definition) is 1. The minimum atomic E-state index is -3.98. The summed E-state index contributed by atoms with van der Waals surface area (Å²) in [7, 11) is -3.98. The molecule has 1 saturated heterocycles. The van der Waals surface area contributed by atoms with Gasteiger partial charge in [0, 0.05) is 13.1 Å². The van der Waals surface area contributed by atoms with E-state index in [9.17, 15) is 22.7 Å². The van der Waals surface area contributed by atoms with Gasteiger partial charge in [-0.15, -0.1) is 0 Å². The number of benzene rings is 1. The molecule has 0 spiro atoms. The maximum absolute atomic E-state index is 13.7. The van der Waals surface area contributed by atoms with Crippen LogP contribution in [0.2, 0.25) is 0 Å². The minimum Gasteiger partial charge on any atom is -0.481 e. The van der Waals surface area contributed by atoms with Crippen LogP contribution in [0, 0.1) is 28.5 Å². The lowest BCUT2D eigenvalue weighted by Gasteiger charge is -2.23. The van der Waals surface area contributed by atoms with Crippen LogP contribution in [-0.4, -0.2) is 36.9 Å². The Labute approximate surface area is 133 Å². The van der Waals surface area contributed by atoms with Crippen molar-refractivity contribution in [3.05, 3.63) is 29.6 Å². The standard InChI is InChI=1S/C15H15FN2O4S/c16-13-6-12(4-3-10(13)7-17)23(21,22)18-8-11-2-1-5-15(11,9-18)14(19)20/h3-4,6,11H,1-2,5,8-9H2,(H,19,20)/t11-,15+/m0/s1. The molecule has 1 saturated carbocycles. The lowest BCUT2D eigenvalue weighted by molar-refractivity contribution is -0.149. The van der Waals surface area contributed by atoms with Crippen LogP contribution in [0.1, 0.15) is 24.8 Å². The van der Waals surface area contributed by atoms with Gasteiger partial charge in [-0.2, -0.15) is 9.57 Å². The molecular weight excluding hydrogens is 323 g/mol. The largest absolute Gasteiger partial charge is 0.481 e. The number of halogens is 1. The molecular formula is C15H15FN2O4S. The van der Waals surface area contributed by atoms with E-state index >= 15 is 0 Å². The Morgan fingerprint density at radius 3 is 2.78 bits per heavy atom. The molecule has 1 aliphatic heterocycles. The minimum absolute atomic E-state index is 0.0864. The number of carbonyl (C=O) groups is 1. The Kier molecular flexibility index (Phi) is 3.65. The molecule has 2 fully saturated rings. The van der Waals surface area contributed by atoms with E-state index < -0.39 is 27.2 Å². The molecule has 1 aliphatic carbocycles. The fourth-order valence-electron chi connectivity index (χ4n) is 3.67. The molecule has 2 aliphatic rings.